The summed E-state index contributed by atoms with van der Waals surface area (Å²) in [5.41, 5.74) is 4.62. The van der Waals surface area contributed by atoms with E-state index in [0.717, 1.165) is 39.5 Å². The molecule has 0 fully saturated rings. The Kier molecular flexibility index (Phi) is 3.90. The maximum absolute atomic E-state index is 6.17. The molecule has 1 N–H and O–H groups in total. The van der Waals surface area contributed by atoms with Gasteiger partial charge in [0.15, 0.2) is 0 Å². The Morgan fingerprint density at radius 1 is 1.30 bits per heavy atom. The van der Waals surface area contributed by atoms with E-state index in [-0.39, 0.29) is 0 Å². The number of hydrogen-bond acceptors (Lipinski definition) is 2. The molecular weight excluding hydrogens is 338 g/mol. The fourth-order valence-electron chi connectivity index (χ4n) is 2.44. The van der Waals surface area contributed by atoms with Gasteiger partial charge in [0.05, 0.1) is 6.61 Å². The van der Waals surface area contributed by atoms with Gasteiger partial charge in [-0.3, -0.25) is 0 Å². The molecule has 0 spiro atoms. The Balaban J connectivity index is 1.84. The third-order valence-corrected chi connectivity index (χ3v) is 4.33. The highest BCUT2D eigenvalue weighted by Gasteiger charge is 2.17. The average molecular weight is 353 g/mol. The minimum Gasteiger partial charge on any atom is -0.493 e. The van der Waals surface area contributed by atoms with Gasteiger partial charge in [0.1, 0.15) is 5.75 Å². The van der Waals surface area contributed by atoms with Gasteiger partial charge in [-0.2, -0.15) is 0 Å². The summed E-state index contributed by atoms with van der Waals surface area (Å²) < 4.78 is 6.77. The normalized spacial score (nSPS) is 12.9. The lowest BCUT2D eigenvalue weighted by molar-refractivity contribution is 0.354. The van der Waals surface area contributed by atoms with E-state index in [1.807, 2.05) is 12.1 Å². The van der Waals surface area contributed by atoms with Crippen LogP contribution in [0.2, 0.25) is 5.02 Å². The largest absolute Gasteiger partial charge is 0.493 e. The lowest BCUT2D eigenvalue weighted by Crippen LogP contribution is -2.02. The molecule has 1 aliphatic heterocycles. The van der Waals surface area contributed by atoms with Crippen LogP contribution in [0.15, 0.2) is 34.8 Å². The van der Waals surface area contributed by atoms with E-state index >= 15 is 0 Å². The van der Waals surface area contributed by atoms with Crippen molar-refractivity contribution >= 4 is 33.2 Å². The van der Waals surface area contributed by atoms with Gasteiger partial charge >= 0.3 is 0 Å². The van der Waals surface area contributed by atoms with Gasteiger partial charge in [-0.1, -0.05) is 17.7 Å². The lowest BCUT2D eigenvalue weighted by Gasteiger charge is -2.13. The molecular formula is C16H15BrClNO. The predicted molar refractivity (Wildman–Crippen MR) is 86.9 cm³/mol. The van der Waals surface area contributed by atoms with Gasteiger partial charge in [0.25, 0.3) is 0 Å². The first-order valence-corrected chi connectivity index (χ1v) is 7.75. The summed E-state index contributed by atoms with van der Waals surface area (Å²) >= 11 is 9.74. The van der Waals surface area contributed by atoms with Crippen LogP contribution in [0.1, 0.15) is 16.7 Å². The molecule has 3 rings (SSSR count). The van der Waals surface area contributed by atoms with Crippen molar-refractivity contribution < 1.29 is 4.74 Å². The molecule has 0 aliphatic carbocycles. The number of anilines is 1. The standard InChI is InChI=1S/C16H15BrClNO/c1-10-2-3-14(17)15(6-10)19-9-12-8-13(18)7-11-4-5-20-16(11)12/h2-3,6-8,19H,4-5,9H2,1H3. The SMILES string of the molecule is Cc1ccc(Br)c(NCc2cc(Cl)cc3c2OCC3)c1. The van der Waals surface area contributed by atoms with E-state index in [1.54, 1.807) is 0 Å². The van der Waals surface area contributed by atoms with Crippen LogP contribution >= 0.6 is 27.5 Å². The van der Waals surface area contributed by atoms with Crippen LogP contribution < -0.4 is 10.1 Å². The summed E-state index contributed by atoms with van der Waals surface area (Å²) in [5, 5.41) is 4.21. The van der Waals surface area contributed by atoms with E-state index in [9.17, 15) is 0 Å². The number of benzene rings is 2. The number of ether oxygens (including phenoxy) is 1. The van der Waals surface area contributed by atoms with Crippen LogP contribution in [0.25, 0.3) is 0 Å². The van der Waals surface area contributed by atoms with Gasteiger partial charge in [-0.15, -0.1) is 0 Å². The van der Waals surface area contributed by atoms with Crippen molar-refractivity contribution in [1.82, 2.24) is 0 Å². The van der Waals surface area contributed by atoms with Gasteiger partial charge in [-0.05, 0) is 58.2 Å². The fourth-order valence-corrected chi connectivity index (χ4v) is 3.09. The molecule has 0 radical (unpaired) electrons. The average Bonchev–Trinajstić information content (AvgIpc) is 2.87. The second-order valence-corrected chi connectivity index (χ2v) is 6.28. The summed E-state index contributed by atoms with van der Waals surface area (Å²) in [6.45, 7) is 3.53. The summed E-state index contributed by atoms with van der Waals surface area (Å²) in [6.07, 6.45) is 0.942. The highest BCUT2D eigenvalue weighted by Crippen LogP contribution is 2.34. The first-order valence-electron chi connectivity index (χ1n) is 6.57. The fraction of sp³-hybridized carbons (Fsp3) is 0.250. The quantitative estimate of drug-likeness (QED) is 0.843. The van der Waals surface area contributed by atoms with E-state index in [0.29, 0.717) is 6.54 Å². The van der Waals surface area contributed by atoms with E-state index < -0.39 is 0 Å². The second kappa shape index (κ2) is 5.66. The van der Waals surface area contributed by atoms with Crippen molar-refractivity contribution in [1.29, 1.82) is 0 Å². The Hall–Kier alpha value is -1.19. The van der Waals surface area contributed by atoms with E-state index in [4.69, 9.17) is 16.3 Å². The zero-order chi connectivity index (χ0) is 14.1. The smallest absolute Gasteiger partial charge is 0.127 e. The molecule has 104 valence electrons. The molecule has 0 amide bonds. The molecule has 0 aromatic heterocycles. The molecule has 0 unspecified atom stereocenters. The molecule has 4 heteroatoms. The molecule has 0 atom stereocenters. The molecule has 1 aliphatic rings. The second-order valence-electron chi connectivity index (χ2n) is 4.99. The van der Waals surface area contributed by atoms with Gasteiger partial charge < -0.3 is 10.1 Å². The van der Waals surface area contributed by atoms with Gasteiger partial charge in [-0.25, -0.2) is 0 Å². The zero-order valence-electron chi connectivity index (χ0n) is 11.2. The number of halogens is 2. The summed E-state index contributed by atoms with van der Waals surface area (Å²) in [7, 11) is 0. The number of nitrogens with one attached hydrogen (secondary N) is 1. The van der Waals surface area contributed by atoms with Crippen LogP contribution in [-0.4, -0.2) is 6.61 Å². The Morgan fingerprint density at radius 3 is 3.00 bits per heavy atom. The first-order chi connectivity index (χ1) is 9.63. The number of hydrogen-bond donors (Lipinski definition) is 1. The van der Waals surface area contributed by atoms with Gasteiger partial charge in [0.2, 0.25) is 0 Å². The Morgan fingerprint density at radius 2 is 2.15 bits per heavy atom. The van der Waals surface area contributed by atoms with E-state index in [2.05, 4.69) is 46.4 Å². The summed E-state index contributed by atoms with van der Waals surface area (Å²) in [4.78, 5) is 0. The molecule has 0 saturated carbocycles. The highest BCUT2D eigenvalue weighted by atomic mass is 79.9. The number of rotatable bonds is 3. The topological polar surface area (TPSA) is 21.3 Å². The lowest BCUT2D eigenvalue weighted by atomic mass is 10.1. The zero-order valence-corrected chi connectivity index (χ0v) is 13.5. The third kappa shape index (κ3) is 2.79. The summed E-state index contributed by atoms with van der Waals surface area (Å²) in [6, 6.07) is 10.2. The van der Waals surface area contributed by atoms with Gasteiger partial charge in [0, 0.05) is 33.7 Å². The minimum absolute atomic E-state index is 0.699. The van der Waals surface area contributed by atoms with Crippen molar-refractivity contribution in [2.24, 2.45) is 0 Å². The van der Waals surface area contributed by atoms with Crippen molar-refractivity contribution in [3.8, 4) is 5.75 Å². The molecule has 2 nitrogen and oxygen atoms in total. The van der Waals surface area contributed by atoms with Crippen LogP contribution in [-0.2, 0) is 13.0 Å². The molecule has 20 heavy (non-hydrogen) atoms. The summed E-state index contributed by atoms with van der Waals surface area (Å²) in [5.74, 6) is 0.991. The van der Waals surface area contributed by atoms with E-state index in [1.165, 1.54) is 11.1 Å². The molecule has 0 bridgehead atoms. The minimum atomic E-state index is 0.699. The third-order valence-electron chi connectivity index (χ3n) is 3.42. The number of fused-ring (bicyclic) bond motifs is 1. The Labute approximate surface area is 132 Å². The molecule has 1 heterocycles. The monoisotopic (exact) mass is 351 g/mol. The molecule has 2 aromatic carbocycles. The molecule has 0 saturated heterocycles. The number of aryl methyl sites for hydroxylation is 1. The van der Waals surface area contributed by atoms with Crippen LogP contribution in [0, 0.1) is 6.92 Å². The van der Waals surface area contributed by atoms with Crippen molar-refractivity contribution in [3.63, 3.8) is 0 Å². The van der Waals surface area contributed by atoms with Crippen molar-refractivity contribution in [2.45, 2.75) is 19.9 Å². The van der Waals surface area contributed by atoms with Crippen LogP contribution in [0.5, 0.6) is 5.75 Å². The van der Waals surface area contributed by atoms with Crippen LogP contribution in [0.3, 0.4) is 0 Å². The maximum Gasteiger partial charge on any atom is 0.127 e. The first kappa shape index (κ1) is 13.8. The maximum atomic E-state index is 6.17. The molecule has 2 aromatic rings. The highest BCUT2D eigenvalue weighted by molar-refractivity contribution is 9.10. The van der Waals surface area contributed by atoms with Crippen molar-refractivity contribution in [3.05, 3.63) is 56.5 Å². The Bertz CT molecular complexity index is 657. The van der Waals surface area contributed by atoms with Crippen LogP contribution in [0.4, 0.5) is 5.69 Å². The van der Waals surface area contributed by atoms with Crippen molar-refractivity contribution in [2.75, 3.05) is 11.9 Å². The predicted octanol–water partition coefficient (Wildman–Crippen LogP) is 4.96.